The zero-order chi connectivity index (χ0) is 26.5. The molecule has 14 heteroatoms. The van der Waals surface area contributed by atoms with Crippen LogP contribution in [0.15, 0.2) is 22.8 Å². The van der Waals surface area contributed by atoms with Crippen LogP contribution in [0, 0.1) is 0 Å². The summed E-state index contributed by atoms with van der Waals surface area (Å²) in [6.45, 7) is 2.02. The number of ether oxygens (including phenoxy) is 1. The van der Waals surface area contributed by atoms with Gasteiger partial charge in [-0.25, -0.2) is 9.97 Å². The average Bonchev–Trinajstić information content (AvgIpc) is 3.30. The molecule has 4 rings (SSSR count). The third-order valence-corrected chi connectivity index (χ3v) is 7.71. The van der Waals surface area contributed by atoms with Crippen LogP contribution in [0.4, 0.5) is 5.82 Å². The molecule has 12 nitrogen and oxygen atoms in total. The summed E-state index contributed by atoms with van der Waals surface area (Å²) in [5, 5.41) is 8.43. The summed E-state index contributed by atoms with van der Waals surface area (Å²) in [5.41, 5.74) is 0.928. The fourth-order valence-electron chi connectivity index (χ4n) is 4.22. The molecule has 1 saturated heterocycles. The van der Waals surface area contributed by atoms with Gasteiger partial charge in [-0.1, -0.05) is 0 Å². The maximum atomic E-state index is 13.1. The maximum Gasteiger partial charge on any atom is 0.314 e. The second-order valence-corrected chi connectivity index (χ2v) is 10.9. The van der Waals surface area contributed by atoms with Crippen molar-refractivity contribution in [1.82, 2.24) is 30.4 Å². The topological polar surface area (TPSA) is 146 Å². The van der Waals surface area contributed by atoms with E-state index >= 15 is 0 Å². The Balaban J connectivity index is 1.44. The van der Waals surface area contributed by atoms with Gasteiger partial charge in [0.15, 0.2) is 5.01 Å². The molecule has 0 aliphatic carbocycles. The summed E-state index contributed by atoms with van der Waals surface area (Å²) >= 11 is 4.61. The molecule has 0 aromatic carbocycles. The van der Waals surface area contributed by atoms with Gasteiger partial charge in [0.05, 0.1) is 17.8 Å². The lowest BCUT2D eigenvalue weighted by Crippen LogP contribution is -2.62. The number of methoxy groups -OCH3 is 1. The molecule has 0 radical (unpaired) electrons. The van der Waals surface area contributed by atoms with Gasteiger partial charge in [-0.15, -0.1) is 11.3 Å². The van der Waals surface area contributed by atoms with Gasteiger partial charge in [-0.05, 0) is 41.5 Å². The van der Waals surface area contributed by atoms with E-state index in [0.29, 0.717) is 18.0 Å². The Hall–Kier alpha value is -2.94. The molecule has 3 N–H and O–H groups in total. The standard InChI is InChI=1S/C23H28BrN7O5S/c1-30-7-5-15-17(11-30)37-23(28-15)22(35)27-16-10-31(19(32)12-36-2)8-6-14(16)26-20(33)21(34)29-18-4-3-13(24)9-25-18/h3-4,9,14,16H,5-8,10-12H2,1-2H3,(H,26,33)(H,27,35)(H,25,29,34)/t14-,16+/m0/s1. The number of nitrogens with zero attached hydrogens (tertiary/aromatic N) is 4. The monoisotopic (exact) mass is 593 g/mol. The van der Waals surface area contributed by atoms with Crippen molar-refractivity contribution in [3.63, 3.8) is 0 Å². The molecule has 0 unspecified atom stereocenters. The molecule has 198 valence electrons. The molecule has 2 aliphatic rings. The molecule has 2 aromatic heterocycles. The summed E-state index contributed by atoms with van der Waals surface area (Å²) in [4.78, 5) is 64.1. The van der Waals surface area contributed by atoms with Crippen LogP contribution in [0.2, 0.25) is 0 Å². The summed E-state index contributed by atoms with van der Waals surface area (Å²) in [6, 6.07) is 2.04. The van der Waals surface area contributed by atoms with E-state index in [1.807, 2.05) is 7.05 Å². The summed E-state index contributed by atoms with van der Waals surface area (Å²) in [5.74, 6) is -2.12. The molecule has 2 aromatic rings. The first kappa shape index (κ1) is 27.1. The molecule has 1 fully saturated rings. The van der Waals surface area contributed by atoms with Crippen LogP contribution in [-0.4, -0.2) is 95.9 Å². The lowest BCUT2D eigenvalue weighted by Gasteiger charge is -2.38. The van der Waals surface area contributed by atoms with Gasteiger partial charge in [0, 0.05) is 55.3 Å². The van der Waals surface area contributed by atoms with Crippen molar-refractivity contribution in [2.45, 2.75) is 31.5 Å². The summed E-state index contributed by atoms with van der Waals surface area (Å²) < 4.78 is 5.69. The molecule has 0 saturated carbocycles. The number of carbonyl (C=O) groups excluding carboxylic acids is 4. The molecule has 37 heavy (non-hydrogen) atoms. The number of carbonyl (C=O) groups is 4. The van der Waals surface area contributed by atoms with Crippen LogP contribution in [0.3, 0.4) is 0 Å². The highest BCUT2D eigenvalue weighted by molar-refractivity contribution is 9.10. The van der Waals surface area contributed by atoms with Crippen LogP contribution in [0.25, 0.3) is 0 Å². The van der Waals surface area contributed by atoms with Crippen molar-refractivity contribution in [2.75, 3.05) is 45.7 Å². The van der Waals surface area contributed by atoms with Crippen molar-refractivity contribution in [2.24, 2.45) is 0 Å². The third-order valence-electron chi connectivity index (χ3n) is 6.16. The van der Waals surface area contributed by atoms with E-state index < -0.39 is 23.9 Å². The molecule has 0 bridgehead atoms. The number of aromatic nitrogens is 2. The van der Waals surface area contributed by atoms with Crippen molar-refractivity contribution < 1.29 is 23.9 Å². The number of pyridine rings is 1. The van der Waals surface area contributed by atoms with Crippen molar-refractivity contribution >= 4 is 56.7 Å². The Morgan fingerprint density at radius 2 is 1.97 bits per heavy atom. The van der Waals surface area contributed by atoms with E-state index in [1.165, 1.54) is 24.6 Å². The number of amides is 4. The smallest absolute Gasteiger partial charge is 0.314 e. The van der Waals surface area contributed by atoms with E-state index in [9.17, 15) is 19.2 Å². The highest BCUT2D eigenvalue weighted by Gasteiger charge is 2.35. The Kier molecular flexibility index (Phi) is 8.84. The van der Waals surface area contributed by atoms with E-state index in [4.69, 9.17) is 4.74 Å². The van der Waals surface area contributed by atoms with Gasteiger partial charge in [-0.3, -0.25) is 19.2 Å². The van der Waals surface area contributed by atoms with E-state index in [0.717, 1.165) is 34.6 Å². The minimum absolute atomic E-state index is 0.0903. The number of rotatable bonds is 6. The number of nitrogens with one attached hydrogen (secondary N) is 3. The van der Waals surface area contributed by atoms with Crippen LogP contribution >= 0.6 is 27.3 Å². The zero-order valence-corrected chi connectivity index (χ0v) is 22.9. The Labute approximate surface area is 226 Å². The van der Waals surface area contributed by atoms with Gasteiger partial charge < -0.3 is 30.5 Å². The fraction of sp³-hybridized carbons (Fsp3) is 0.478. The number of halogens is 1. The lowest BCUT2D eigenvalue weighted by molar-refractivity contribution is -0.138. The second kappa shape index (κ2) is 12.1. The maximum absolute atomic E-state index is 13.1. The average molecular weight is 594 g/mol. The van der Waals surface area contributed by atoms with Crippen LogP contribution < -0.4 is 16.0 Å². The predicted octanol–water partition coefficient (Wildman–Crippen LogP) is 0.389. The van der Waals surface area contributed by atoms with Gasteiger partial charge in [0.2, 0.25) is 5.91 Å². The minimum Gasteiger partial charge on any atom is -0.375 e. The number of thiazole rings is 1. The Bertz CT molecular complexity index is 1170. The van der Waals surface area contributed by atoms with Gasteiger partial charge in [-0.2, -0.15) is 0 Å². The molecule has 0 spiro atoms. The third kappa shape index (κ3) is 6.89. The van der Waals surface area contributed by atoms with Crippen LogP contribution in [0.5, 0.6) is 0 Å². The Morgan fingerprint density at radius 3 is 2.70 bits per heavy atom. The number of hydrogen-bond donors (Lipinski definition) is 3. The van der Waals surface area contributed by atoms with Crippen LogP contribution in [0.1, 0.15) is 26.8 Å². The van der Waals surface area contributed by atoms with Gasteiger partial charge in [0.1, 0.15) is 12.4 Å². The number of anilines is 1. The highest BCUT2D eigenvalue weighted by Crippen LogP contribution is 2.25. The number of likely N-dealkylation sites (N-methyl/N-ethyl adjacent to an activating group) is 1. The van der Waals surface area contributed by atoms with E-state index in [2.05, 4.69) is 46.7 Å². The molecule has 4 heterocycles. The van der Waals surface area contributed by atoms with Crippen molar-refractivity contribution in [3.8, 4) is 0 Å². The fourth-order valence-corrected chi connectivity index (χ4v) is 5.55. The normalized spacial score (nSPS) is 19.6. The Morgan fingerprint density at radius 1 is 1.16 bits per heavy atom. The number of piperidine rings is 1. The number of fused-ring (bicyclic) bond motifs is 1. The summed E-state index contributed by atoms with van der Waals surface area (Å²) in [7, 11) is 3.46. The molecule has 4 amide bonds. The SMILES string of the molecule is COCC(=O)N1CC[C@H](NC(=O)C(=O)Nc2ccc(Br)cn2)[C@H](NC(=O)c2nc3c(s2)CN(C)CC3)C1. The second-order valence-electron chi connectivity index (χ2n) is 8.91. The van der Waals surface area contributed by atoms with Gasteiger partial charge >= 0.3 is 11.8 Å². The molecular weight excluding hydrogens is 566 g/mol. The van der Waals surface area contributed by atoms with Gasteiger partial charge in [0.25, 0.3) is 5.91 Å². The van der Waals surface area contributed by atoms with E-state index in [1.54, 1.807) is 17.0 Å². The minimum atomic E-state index is -0.880. The predicted molar refractivity (Wildman–Crippen MR) is 139 cm³/mol. The first-order chi connectivity index (χ1) is 17.7. The molecule has 2 aliphatic heterocycles. The molecular formula is C23H28BrN7O5S. The highest BCUT2D eigenvalue weighted by atomic mass is 79.9. The lowest BCUT2D eigenvalue weighted by atomic mass is 9.98. The number of likely N-dealkylation sites (tertiary alicyclic amines) is 1. The number of hydrogen-bond acceptors (Lipinski definition) is 9. The first-order valence-corrected chi connectivity index (χ1v) is 13.3. The first-order valence-electron chi connectivity index (χ1n) is 11.7. The van der Waals surface area contributed by atoms with E-state index in [-0.39, 0.29) is 30.8 Å². The van der Waals surface area contributed by atoms with Crippen molar-refractivity contribution in [1.29, 1.82) is 0 Å². The largest absolute Gasteiger partial charge is 0.375 e. The zero-order valence-electron chi connectivity index (χ0n) is 20.5. The summed E-state index contributed by atoms with van der Waals surface area (Å²) in [6.07, 6.45) is 2.62. The van der Waals surface area contributed by atoms with Crippen LogP contribution in [-0.2, 0) is 32.1 Å². The van der Waals surface area contributed by atoms with Crippen molar-refractivity contribution in [3.05, 3.63) is 38.4 Å². The molecule has 2 atom stereocenters. The quantitative estimate of drug-likeness (QED) is 0.408.